The number of hydrogen-bond donors (Lipinski definition) is 0. The maximum atomic E-state index is 13.0. The SMILES string of the molecule is Fc1cnc(N2CCN3C[C@@H](COc4cccc(C(F)(F)F)c4)C[C@H]3C2)nc1. The van der Waals surface area contributed by atoms with Gasteiger partial charge in [-0.05, 0) is 24.6 Å². The van der Waals surface area contributed by atoms with Crippen molar-refractivity contribution in [2.24, 2.45) is 5.92 Å². The molecule has 5 nitrogen and oxygen atoms in total. The fraction of sp³-hybridized carbons (Fsp3) is 0.474. The number of nitrogens with zero attached hydrogens (tertiary/aromatic N) is 4. The lowest BCUT2D eigenvalue weighted by atomic mass is 10.1. The van der Waals surface area contributed by atoms with Gasteiger partial charge in [0.25, 0.3) is 0 Å². The van der Waals surface area contributed by atoms with E-state index in [2.05, 4.69) is 14.9 Å². The van der Waals surface area contributed by atoms with Crippen molar-refractivity contribution in [3.05, 3.63) is 48.0 Å². The zero-order valence-corrected chi connectivity index (χ0v) is 15.1. The van der Waals surface area contributed by atoms with E-state index in [-0.39, 0.29) is 11.7 Å². The highest BCUT2D eigenvalue weighted by Crippen LogP contribution is 2.32. The number of hydrogen-bond acceptors (Lipinski definition) is 5. The largest absolute Gasteiger partial charge is 0.493 e. The van der Waals surface area contributed by atoms with E-state index in [1.54, 1.807) is 6.07 Å². The average molecular weight is 396 g/mol. The van der Waals surface area contributed by atoms with E-state index < -0.39 is 17.6 Å². The first-order valence-corrected chi connectivity index (χ1v) is 9.15. The molecule has 2 atom stereocenters. The van der Waals surface area contributed by atoms with Gasteiger partial charge in [-0.25, -0.2) is 14.4 Å². The van der Waals surface area contributed by atoms with Gasteiger partial charge in [-0.15, -0.1) is 0 Å². The Morgan fingerprint density at radius 3 is 2.64 bits per heavy atom. The molecule has 0 amide bonds. The number of halogens is 4. The van der Waals surface area contributed by atoms with Gasteiger partial charge in [0.15, 0.2) is 5.82 Å². The molecule has 9 heteroatoms. The van der Waals surface area contributed by atoms with Crippen LogP contribution in [0.1, 0.15) is 12.0 Å². The van der Waals surface area contributed by atoms with Crippen LogP contribution in [0.2, 0.25) is 0 Å². The summed E-state index contributed by atoms with van der Waals surface area (Å²) in [7, 11) is 0. The van der Waals surface area contributed by atoms with E-state index in [1.165, 1.54) is 6.07 Å². The molecular weight excluding hydrogens is 376 g/mol. The van der Waals surface area contributed by atoms with Gasteiger partial charge >= 0.3 is 6.18 Å². The molecular formula is C19H20F4N4O. The number of aromatic nitrogens is 2. The summed E-state index contributed by atoms with van der Waals surface area (Å²) in [6, 6.07) is 5.28. The fourth-order valence-electron chi connectivity index (χ4n) is 3.90. The number of anilines is 1. The van der Waals surface area contributed by atoms with Crippen LogP contribution in [0.4, 0.5) is 23.5 Å². The molecule has 1 aromatic heterocycles. The first-order chi connectivity index (χ1) is 13.4. The second-order valence-corrected chi connectivity index (χ2v) is 7.23. The lowest BCUT2D eigenvalue weighted by Gasteiger charge is -2.37. The van der Waals surface area contributed by atoms with Gasteiger partial charge in [-0.3, -0.25) is 4.90 Å². The first kappa shape index (κ1) is 18.9. The molecule has 0 unspecified atom stereocenters. The molecule has 2 aliphatic heterocycles. The zero-order chi connectivity index (χ0) is 19.7. The second kappa shape index (κ2) is 7.54. The van der Waals surface area contributed by atoms with Gasteiger partial charge < -0.3 is 9.64 Å². The minimum absolute atomic E-state index is 0.237. The first-order valence-electron chi connectivity index (χ1n) is 9.15. The third-order valence-electron chi connectivity index (χ3n) is 5.24. The van der Waals surface area contributed by atoms with Crippen molar-refractivity contribution >= 4 is 5.95 Å². The number of alkyl halides is 3. The Hall–Kier alpha value is -2.42. The summed E-state index contributed by atoms with van der Waals surface area (Å²) in [5.74, 6) is 0.537. The normalized spacial score (nSPS) is 22.9. The average Bonchev–Trinajstić information content (AvgIpc) is 3.09. The fourth-order valence-corrected chi connectivity index (χ4v) is 3.90. The summed E-state index contributed by atoms with van der Waals surface area (Å²) in [5, 5.41) is 0. The smallest absolute Gasteiger partial charge is 0.416 e. The predicted octanol–water partition coefficient (Wildman–Crippen LogP) is 3.22. The van der Waals surface area contributed by atoms with Crippen LogP contribution in [0.25, 0.3) is 0 Å². The third kappa shape index (κ3) is 4.19. The van der Waals surface area contributed by atoms with Crippen LogP contribution >= 0.6 is 0 Å². The Kier molecular flexibility index (Phi) is 5.09. The summed E-state index contributed by atoms with van der Waals surface area (Å²) in [4.78, 5) is 12.5. The lowest BCUT2D eigenvalue weighted by molar-refractivity contribution is -0.137. The molecule has 0 aliphatic carbocycles. The van der Waals surface area contributed by atoms with Crippen molar-refractivity contribution in [3.63, 3.8) is 0 Å². The number of fused-ring (bicyclic) bond motifs is 1. The minimum Gasteiger partial charge on any atom is -0.493 e. The summed E-state index contributed by atoms with van der Waals surface area (Å²) in [6.07, 6.45) is -1.17. The highest BCUT2D eigenvalue weighted by Gasteiger charge is 2.37. The van der Waals surface area contributed by atoms with E-state index in [9.17, 15) is 17.6 Å². The monoisotopic (exact) mass is 396 g/mol. The Bertz CT molecular complexity index is 814. The molecule has 2 saturated heterocycles. The van der Waals surface area contributed by atoms with Gasteiger partial charge in [-0.2, -0.15) is 13.2 Å². The highest BCUT2D eigenvalue weighted by atomic mass is 19.4. The molecule has 0 radical (unpaired) electrons. The van der Waals surface area contributed by atoms with Crippen LogP contribution in [0.15, 0.2) is 36.7 Å². The molecule has 0 N–H and O–H groups in total. The molecule has 3 heterocycles. The van der Waals surface area contributed by atoms with Gasteiger partial charge in [0.1, 0.15) is 5.75 Å². The summed E-state index contributed by atoms with van der Waals surface area (Å²) < 4.78 is 57.1. The predicted molar refractivity (Wildman–Crippen MR) is 94.6 cm³/mol. The van der Waals surface area contributed by atoms with Crippen molar-refractivity contribution in [1.29, 1.82) is 0 Å². The van der Waals surface area contributed by atoms with Crippen molar-refractivity contribution < 1.29 is 22.3 Å². The molecule has 4 rings (SSSR count). The number of piperazine rings is 1. The van der Waals surface area contributed by atoms with Crippen LogP contribution in [0.5, 0.6) is 5.75 Å². The van der Waals surface area contributed by atoms with Gasteiger partial charge in [0.05, 0.1) is 24.6 Å². The number of benzene rings is 1. The maximum absolute atomic E-state index is 13.0. The molecule has 0 bridgehead atoms. The Morgan fingerprint density at radius 2 is 1.89 bits per heavy atom. The van der Waals surface area contributed by atoms with Crippen LogP contribution in [0.3, 0.4) is 0 Å². The standard InChI is InChI=1S/C19H20F4N4O/c20-15-8-24-18(25-9-15)27-5-4-26-10-13(6-16(26)11-27)12-28-17-3-1-2-14(7-17)19(21,22)23/h1-3,7-9,13,16H,4-6,10-12H2/t13-,16-/m0/s1. The topological polar surface area (TPSA) is 41.5 Å². The highest BCUT2D eigenvalue weighted by molar-refractivity contribution is 5.31. The van der Waals surface area contributed by atoms with Crippen molar-refractivity contribution in [1.82, 2.24) is 14.9 Å². The molecule has 2 fully saturated rings. The van der Waals surface area contributed by atoms with E-state index in [1.807, 2.05) is 4.90 Å². The third-order valence-corrected chi connectivity index (χ3v) is 5.24. The molecule has 2 aliphatic rings. The van der Waals surface area contributed by atoms with E-state index in [4.69, 9.17) is 4.74 Å². The summed E-state index contributed by atoms with van der Waals surface area (Å²) >= 11 is 0. The molecule has 0 saturated carbocycles. The molecule has 150 valence electrons. The van der Waals surface area contributed by atoms with Crippen LogP contribution < -0.4 is 9.64 Å². The maximum Gasteiger partial charge on any atom is 0.416 e. The molecule has 2 aromatic rings. The molecule has 1 aromatic carbocycles. The number of ether oxygens (including phenoxy) is 1. The van der Waals surface area contributed by atoms with Crippen LogP contribution in [-0.2, 0) is 6.18 Å². The van der Waals surface area contributed by atoms with Crippen molar-refractivity contribution in [3.8, 4) is 5.75 Å². The van der Waals surface area contributed by atoms with Crippen molar-refractivity contribution in [2.75, 3.05) is 37.7 Å². The quantitative estimate of drug-likeness (QED) is 0.743. The van der Waals surface area contributed by atoms with Crippen molar-refractivity contribution in [2.45, 2.75) is 18.6 Å². The van der Waals surface area contributed by atoms with E-state index >= 15 is 0 Å². The van der Waals surface area contributed by atoms with Gasteiger partial charge in [0, 0.05) is 38.1 Å². The summed E-state index contributed by atoms with van der Waals surface area (Å²) in [6.45, 7) is 3.56. The van der Waals surface area contributed by atoms with Gasteiger partial charge in [0.2, 0.25) is 5.95 Å². The van der Waals surface area contributed by atoms with Crippen LogP contribution in [-0.4, -0.2) is 53.7 Å². The second-order valence-electron chi connectivity index (χ2n) is 7.23. The Morgan fingerprint density at radius 1 is 1.11 bits per heavy atom. The van der Waals surface area contributed by atoms with Crippen LogP contribution in [0, 0.1) is 11.7 Å². The minimum atomic E-state index is -4.38. The lowest BCUT2D eigenvalue weighted by Crippen LogP contribution is -2.50. The summed E-state index contributed by atoms with van der Waals surface area (Å²) in [5.41, 5.74) is -0.705. The zero-order valence-electron chi connectivity index (χ0n) is 15.1. The Labute approximate surface area is 159 Å². The van der Waals surface area contributed by atoms with Gasteiger partial charge in [-0.1, -0.05) is 6.07 Å². The number of rotatable bonds is 4. The molecule has 28 heavy (non-hydrogen) atoms. The van der Waals surface area contributed by atoms with E-state index in [0.29, 0.717) is 18.6 Å². The molecule has 0 spiro atoms. The van der Waals surface area contributed by atoms with E-state index in [0.717, 1.165) is 57.1 Å². The Balaban J connectivity index is 1.33.